The van der Waals surface area contributed by atoms with Crippen LogP contribution in [0.15, 0.2) is 0 Å². The molecule has 2 N–H and O–H groups in total. The number of nitrogens with two attached hydrogens (primary N) is 1. The van der Waals surface area contributed by atoms with Gasteiger partial charge in [-0.05, 0) is 27.7 Å². The molecule has 86 valence electrons. The maximum Gasteiger partial charge on any atom is 0.314 e. The Kier molecular flexibility index (Phi) is 2.09. The number of hydrogen-bond acceptors (Lipinski definition) is 2. The molecule has 2 heterocycles. The van der Waals surface area contributed by atoms with Crippen LogP contribution in [0.5, 0.6) is 0 Å². The van der Waals surface area contributed by atoms with Gasteiger partial charge in [0.15, 0.2) is 11.6 Å². The summed E-state index contributed by atoms with van der Waals surface area (Å²) in [5, 5.41) is 0. The smallest absolute Gasteiger partial charge is 0.314 e. The fraction of sp³-hybridized carbons (Fsp3) is 0.917. The van der Waals surface area contributed by atoms with Gasteiger partial charge in [0.2, 0.25) is 0 Å². The van der Waals surface area contributed by atoms with Crippen LogP contribution in [0.1, 0.15) is 47.0 Å². The third-order valence-corrected chi connectivity index (χ3v) is 4.37. The lowest BCUT2D eigenvalue weighted by molar-refractivity contribution is -0.752. The molecule has 3 nitrogen and oxygen atoms in total. The fourth-order valence-electron chi connectivity index (χ4n) is 3.50. The third-order valence-electron chi connectivity index (χ3n) is 4.37. The van der Waals surface area contributed by atoms with Crippen molar-refractivity contribution in [1.29, 1.82) is 0 Å². The first-order chi connectivity index (χ1) is 6.72. The highest BCUT2D eigenvalue weighted by atomic mass is 16.2. The topological polar surface area (TPSA) is 43.1 Å². The van der Waals surface area contributed by atoms with Crippen molar-refractivity contribution in [2.75, 3.05) is 6.54 Å². The van der Waals surface area contributed by atoms with Gasteiger partial charge in [-0.1, -0.05) is 0 Å². The van der Waals surface area contributed by atoms with Gasteiger partial charge in [-0.25, -0.2) is 9.28 Å². The second-order valence-corrected chi connectivity index (χ2v) is 6.45. The van der Waals surface area contributed by atoms with Crippen LogP contribution in [-0.4, -0.2) is 34.1 Å². The first-order valence-corrected chi connectivity index (χ1v) is 5.92. The Bertz CT molecular complexity index is 303. The molecule has 0 aromatic carbocycles. The zero-order chi connectivity index (χ0) is 11.5. The van der Waals surface area contributed by atoms with E-state index in [0.717, 1.165) is 25.8 Å². The number of nitrogens with zero attached hydrogens (tertiary/aromatic N) is 1. The van der Waals surface area contributed by atoms with Crippen molar-refractivity contribution in [2.45, 2.75) is 64.1 Å². The summed E-state index contributed by atoms with van der Waals surface area (Å²) in [5.41, 5.74) is 6.04. The van der Waals surface area contributed by atoms with Gasteiger partial charge in [0.1, 0.15) is 0 Å². The van der Waals surface area contributed by atoms with Crippen LogP contribution >= 0.6 is 0 Å². The second kappa shape index (κ2) is 2.83. The van der Waals surface area contributed by atoms with Crippen molar-refractivity contribution in [2.24, 2.45) is 5.73 Å². The number of amides is 1. The average Bonchev–Trinajstić information content (AvgIpc) is 2.44. The van der Waals surface area contributed by atoms with E-state index in [2.05, 4.69) is 27.7 Å². The number of carbonyl (C=O) groups is 1. The van der Waals surface area contributed by atoms with Crippen molar-refractivity contribution in [3.05, 3.63) is 0 Å². The van der Waals surface area contributed by atoms with Crippen LogP contribution in [-0.2, 0) is 4.79 Å². The van der Waals surface area contributed by atoms with Crippen molar-refractivity contribution >= 4 is 5.91 Å². The molecule has 15 heavy (non-hydrogen) atoms. The molecule has 2 fully saturated rings. The molecule has 0 radical (unpaired) electrons. The highest BCUT2D eigenvalue weighted by molar-refractivity contribution is 5.73. The van der Waals surface area contributed by atoms with Gasteiger partial charge in [-0.15, -0.1) is 0 Å². The molecule has 2 rings (SSSR count). The van der Waals surface area contributed by atoms with E-state index in [1.165, 1.54) is 0 Å². The molecule has 2 aliphatic rings. The molecular weight excluding hydrogens is 188 g/mol. The van der Waals surface area contributed by atoms with E-state index in [0.29, 0.717) is 16.4 Å². The number of hydrogen-bond donors (Lipinski definition) is 1. The van der Waals surface area contributed by atoms with Gasteiger partial charge < -0.3 is 5.73 Å². The largest absolute Gasteiger partial charge is 0.325 e. The second-order valence-electron chi connectivity index (χ2n) is 6.45. The lowest BCUT2D eigenvalue weighted by Crippen LogP contribution is -2.38. The van der Waals surface area contributed by atoms with Gasteiger partial charge in [-0.3, -0.25) is 0 Å². The van der Waals surface area contributed by atoms with Crippen LogP contribution in [0, 0.1) is 0 Å². The maximum atomic E-state index is 12.0. The number of quaternary nitrogens is 1. The summed E-state index contributed by atoms with van der Waals surface area (Å²) >= 11 is 0. The molecule has 0 bridgehead atoms. The van der Waals surface area contributed by atoms with Crippen molar-refractivity contribution < 1.29 is 9.28 Å². The monoisotopic (exact) mass is 211 g/mol. The van der Waals surface area contributed by atoms with Crippen LogP contribution < -0.4 is 5.73 Å². The predicted octanol–water partition coefficient (Wildman–Crippen LogP) is 1.41. The standard InChI is InChI=1S/C12H23N2O/c1-11(2,13)8-9-12(3,4)14(9)7-5-6-10(14)15/h9H,5-8,13H2,1-4H3/q+1. The lowest BCUT2D eigenvalue weighted by atomic mass is 9.95. The summed E-state index contributed by atoms with van der Waals surface area (Å²) in [5.74, 6) is 0.439. The summed E-state index contributed by atoms with van der Waals surface area (Å²) < 4.78 is 0.716. The Morgan fingerprint density at radius 3 is 2.53 bits per heavy atom. The minimum Gasteiger partial charge on any atom is -0.325 e. The highest BCUT2D eigenvalue weighted by Gasteiger charge is 2.78. The minimum atomic E-state index is -0.160. The van der Waals surface area contributed by atoms with Crippen LogP contribution in [0.3, 0.4) is 0 Å². The third kappa shape index (κ3) is 1.36. The molecule has 0 aromatic heterocycles. The Morgan fingerprint density at radius 1 is 1.53 bits per heavy atom. The quantitative estimate of drug-likeness (QED) is 0.554. The Morgan fingerprint density at radius 2 is 2.13 bits per heavy atom. The molecule has 0 saturated carbocycles. The predicted molar refractivity (Wildman–Crippen MR) is 60.1 cm³/mol. The molecule has 2 saturated heterocycles. The number of rotatable bonds is 2. The summed E-state index contributed by atoms with van der Waals surface area (Å²) in [6, 6.07) is 0.451. The van der Waals surface area contributed by atoms with Gasteiger partial charge in [0, 0.05) is 18.4 Å². The Labute approximate surface area is 92.2 Å². The van der Waals surface area contributed by atoms with Gasteiger partial charge in [-0.2, -0.15) is 0 Å². The maximum absolute atomic E-state index is 12.0. The van der Waals surface area contributed by atoms with E-state index in [1.807, 2.05) is 0 Å². The fourth-order valence-corrected chi connectivity index (χ4v) is 3.50. The zero-order valence-electron chi connectivity index (χ0n) is 10.3. The SMILES string of the molecule is CC(C)(N)CC1C(C)(C)[N+]12CCCC2=O. The van der Waals surface area contributed by atoms with E-state index >= 15 is 0 Å². The van der Waals surface area contributed by atoms with E-state index in [4.69, 9.17) is 5.73 Å². The zero-order valence-corrected chi connectivity index (χ0v) is 10.3. The average molecular weight is 211 g/mol. The number of carbonyl (C=O) groups excluding carboxylic acids is 1. The van der Waals surface area contributed by atoms with Crippen molar-refractivity contribution in [1.82, 2.24) is 0 Å². The molecule has 1 spiro atoms. The van der Waals surface area contributed by atoms with Crippen molar-refractivity contribution in [3.63, 3.8) is 0 Å². The molecule has 1 amide bonds. The first kappa shape index (κ1) is 11.1. The summed E-state index contributed by atoms with van der Waals surface area (Å²) in [7, 11) is 0. The highest BCUT2D eigenvalue weighted by Crippen LogP contribution is 2.56. The van der Waals surface area contributed by atoms with Crippen molar-refractivity contribution in [3.8, 4) is 0 Å². The molecule has 0 aromatic rings. The van der Waals surface area contributed by atoms with Crippen LogP contribution in [0.25, 0.3) is 0 Å². The molecule has 3 heteroatoms. The van der Waals surface area contributed by atoms with Crippen LogP contribution in [0.4, 0.5) is 0 Å². The van der Waals surface area contributed by atoms with Gasteiger partial charge in [0.25, 0.3) is 0 Å². The lowest BCUT2D eigenvalue weighted by Gasteiger charge is -2.18. The first-order valence-electron chi connectivity index (χ1n) is 5.92. The summed E-state index contributed by atoms with van der Waals surface area (Å²) in [4.78, 5) is 12.0. The normalized spacial score (nSPS) is 38.7. The molecule has 0 aliphatic carbocycles. The summed E-state index contributed by atoms with van der Waals surface area (Å²) in [6.45, 7) is 9.57. The van der Waals surface area contributed by atoms with E-state index in [1.54, 1.807) is 0 Å². The van der Waals surface area contributed by atoms with E-state index in [-0.39, 0.29) is 11.1 Å². The van der Waals surface area contributed by atoms with Gasteiger partial charge >= 0.3 is 5.91 Å². The molecule has 2 unspecified atom stereocenters. The van der Waals surface area contributed by atoms with Crippen LogP contribution in [0.2, 0.25) is 0 Å². The minimum absolute atomic E-state index is 0.129. The molecule has 2 atom stereocenters. The van der Waals surface area contributed by atoms with E-state index < -0.39 is 0 Å². The molecular formula is C12H23N2O+. The Hall–Kier alpha value is -0.410. The van der Waals surface area contributed by atoms with E-state index in [9.17, 15) is 4.79 Å². The summed E-state index contributed by atoms with van der Waals surface area (Å²) in [6.07, 6.45) is 2.78. The Balaban J connectivity index is 2.19. The van der Waals surface area contributed by atoms with Gasteiger partial charge in [0.05, 0.1) is 13.0 Å². The molecule has 2 aliphatic heterocycles.